The van der Waals surface area contributed by atoms with Crippen LogP contribution in [0.3, 0.4) is 0 Å². The van der Waals surface area contributed by atoms with Crippen LogP contribution in [0.4, 0.5) is 5.82 Å². The highest BCUT2D eigenvalue weighted by atomic mass is 35.5. The maximum absolute atomic E-state index is 6.56. The van der Waals surface area contributed by atoms with E-state index in [1.165, 1.54) is 12.8 Å². The maximum Gasteiger partial charge on any atom is 0.143 e. The van der Waals surface area contributed by atoms with E-state index in [1.54, 1.807) is 6.21 Å². The first-order valence-electron chi connectivity index (χ1n) is 11.5. The molecule has 1 aliphatic rings. The van der Waals surface area contributed by atoms with Gasteiger partial charge in [-0.15, -0.1) is 0 Å². The second kappa shape index (κ2) is 11.6. The molecule has 0 bridgehead atoms. The minimum absolute atomic E-state index is 0.503. The fraction of sp³-hybridized carbons (Fsp3) is 0.308. The zero-order valence-electron chi connectivity index (χ0n) is 19.1. The van der Waals surface area contributed by atoms with E-state index >= 15 is 0 Å². The van der Waals surface area contributed by atoms with Gasteiger partial charge in [-0.25, -0.2) is 9.98 Å². The maximum atomic E-state index is 6.56. The number of halogens is 2. The average Bonchev–Trinajstić information content (AvgIpc) is 3.16. The number of hydrogen-bond acceptors (Lipinski definition) is 5. The van der Waals surface area contributed by atoms with Crippen LogP contribution in [0.5, 0.6) is 0 Å². The number of aromatic nitrogens is 2. The number of piperidine rings is 1. The van der Waals surface area contributed by atoms with E-state index < -0.39 is 0 Å². The van der Waals surface area contributed by atoms with Crippen LogP contribution in [-0.4, -0.2) is 28.9 Å². The number of nitrogens with two attached hydrogens (primary N) is 1. The topological polar surface area (TPSA) is 80.3 Å². The molecule has 0 unspecified atom stereocenters. The van der Waals surface area contributed by atoms with Crippen molar-refractivity contribution in [3.05, 3.63) is 82.2 Å². The van der Waals surface area contributed by atoms with Crippen molar-refractivity contribution in [3.8, 4) is 11.4 Å². The summed E-state index contributed by atoms with van der Waals surface area (Å²) in [5.41, 5.74) is 9.00. The fourth-order valence-electron chi connectivity index (χ4n) is 4.16. The van der Waals surface area contributed by atoms with Gasteiger partial charge in [0, 0.05) is 23.7 Å². The van der Waals surface area contributed by atoms with Crippen molar-refractivity contribution in [1.82, 2.24) is 20.2 Å². The number of imidazole rings is 1. The lowest BCUT2D eigenvalue weighted by molar-refractivity contribution is 0.339. The Morgan fingerprint density at radius 2 is 1.85 bits per heavy atom. The molecule has 1 saturated heterocycles. The van der Waals surface area contributed by atoms with Crippen molar-refractivity contribution in [2.45, 2.75) is 32.4 Å². The van der Waals surface area contributed by atoms with E-state index in [-0.39, 0.29) is 0 Å². The smallest absolute Gasteiger partial charge is 0.143 e. The lowest BCUT2D eigenvalue weighted by atomic mass is 9.95. The third-order valence-corrected chi connectivity index (χ3v) is 6.85. The molecule has 1 aliphatic heterocycles. The van der Waals surface area contributed by atoms with Crippen LogP contribution in [0.25, 0.3) is 11.4 Å². The van der Waals surface area contributed by atoms with Crippen LogP contribution in [-0.2, 0) is 13.1 Å². The average molecular weight is 497 g/mol. The third-order valence-electron chi connectivity index (χ3n) is 6.15. The highest BCUT2D eigenvalue weighted by molar-refractivity contribution is 6.33. The summed E-state index contributed by atoms with van der Waals surface area (Å²) in [4.78, 5) is 9.26. The minimum Gasteiger partial charge on any atom is -0.383 e. The van der Waals surface area contributed by atoms with Gasteiger partial charge in [-0.05, 0) is 62.0 Å². The molecule has 0 atom stereocenters. The standard InChI is InChI=1S/C26H30Cl2N6/c1-18(31-16-20-6-2-4-8-22(20)27)32-17-24-25(29)34(15-12-19-10-13-30-14-11-19)26(33-24)21-7-3-5-9-23(21)28/h2-9,17,19,30-31H,1,10-16,29H2/b32-17-. The molecule has 1 fully saturated rings. The first-order valence-corrected chi connectivity index (χ1v) is 12.3. The molecule has 1 aromatic heterocycles. The Labute approximate surface area is 210 Å². The fourth-order valence-corrected chi connectivity index (χ4v) is 4.58. The van der Waals surface area contributed by atoms with Crippen LogP contribution in [0, 0.1) is 5.92 Å². The van der Waals surface area contributed by atoms with E-state index in [0.717, 1.165) is 43.0 Å². The molecule has 34 heavy (non-hydrogen) atoms. The number of nitrogens with zero attached hydrogens (tertiary/aromatic N) is 3. The molecule has 3 aromatic rings. The molecule has 0 saturated carbocycles. The number of nitrogens with one attached hydrogen (secondary N) is 2. The molecule has 0 radical (unpaired) electrons. The number of aliphatic imine (C=N–C) groups is 1. The van der Waals surface area contributed by atoms with Gasteiger partial charge in [0.05, 0.1) is 11.2 Å². The second-order valence-electron chi connectivity index (χ2n) is 8.47. The van der Waals surface area contributed by atoms with Crippen LogP contribution < -0.4 is 16.4 Å². The Bertz CT molecular complexity index is 1160. The van der Waals surface area contributed by atoms with Gasteiger partial charge in [-0.1, -0.05) is 60.1 Å². The summed E-state index contributed by atoms with van der Waals surface area (Å²) in [7, 11) is 0. The first-order chi connectivity index (χ1) is 16.5. The van der Waals surface area contributed by atoms with Gasteiger partial charge in [0.2, 0.25) is 0 Å². The van der Waals surface area contributed by atoms with Crippen molar-refractivity contribution in [3.63, 3.8) is 0 Å². The quantitative estimate of drug-likeness (QED) is 0.341. The van der Waals surface area contributed by atoms with Crippen LogP contribution in [0.2, 0.25) is 10.0 Å². The molecule has 6 nitrogen and oxygen atoms in total. The summed E-state index contributed by atoms with van der Waals surface area (Å²) in [5.74, 6) is 2.51. The second-order valence-corrected chi connectivity index (χ2v) is 9.28. The molecule has 0 spiro atoms. The van der Waals surface area contributed by atoms with Crippen LogP contribution >= 0.6 is 23.2 Å². The van der Waals surface area contributed by atoms with E-state index in [1.807, 2.05) is 48.5 Å². The lowest BCUT2D eigenvalue weighted by Crippen LogP contribution is -2.28. The number of anilines is 1. The van der Waals surface area contributed by atoms with Crippen molar-refractivity contribution in [2.75, 3.05) is 18.8 Å². The Morgan fingerprint density at radius 1 is 1.15 bits per heavy atom. The monoisotopic (exact) mass is 496 g/mol. The van der Waals surface area contributed by atoms with Gasteiger partial charge in [0.15, 0.2) is 0 Å². The van der Waals surface area contributed by atoms with Gasteiger partial charge in [-0.2, -0.15) is 0 Å². The summed E-state index contributed by atoms with van der Waals surface area (Å²) in [6.45, 7) is 7.44. The Kier molecular flexibility index (Phi) is 8.27. The Hall–Kier alpha value is -2.80. The molecule has 8 heteroatoms. The molecule has 2 aromatic carbocycles. The van der Waals surface area contributed by atoms with E-state index in [4.69, 9.17) is 33.9 Å². The van der Waals surface area contributed by atoms with Gasteiger partial charge in [0.25, 0.3) is 0 Å². The van der Waals surface area contributed by atoms with Crippen molar-refractivity contribution < 1.29 is 0 Å². The Balaban J connectivity index is 1.52. The Morgan fingerprint density at radius 3 is 2.59 bits per heavy atom. The van der Waals surface area contributed by atoms with Gasteiger partial charge < -0.3 is 20.9 Å². The number of rotatable bonds is 9. The SMILES string of the molecule is C=C(/N=C\c1nc(-c2ccccc2Cl)n(CCC2CCNCC2)c1N)NCc1ccccc1Cl. The number of hydrogen-bond donors (Lipinski definition) is 3. The van der Waals surface area contributed by atoms with Gasteiger partial charge in [-0.3, -0.25) is 0 Å². The van der Waals surface area contributed by atoms with Crippen LogP contribution in [0.1, 0.15) is 30.5 Å². The van der Waals surface area contributed by atoms with E-state index in [9.17, 15) is 0 Å². The first kappa shape index (κ1) is 24.3. The molecular formula is C26H30Cl2N6. The van der Waals surface area contributed by atoms with Crippen molar-refractivity contribution >= 4 is 35.2 Å². The summed E-state index contributed by atoms with van der Waals surface area (Å²) in [5, 5.41) is 7.95. The third kappa shape index (κ3) is 6.00. The molecule has 4 N–H and O–H groups in total. The lowest BCUT2D eigenvalue weighted by Gasteiger charge is -2.23. The molecule has 178 valence electrons. The van der Waals surface area contributed by atoms with Gasteiger partial charge >= 0.3 is 0 Å². The minimum atomic E-state index is 0.503. The molecule has 0 amide bonds. The highest BCUT2D eigenvalue weighted by Gasteiger charge is 2.19. The number of nitrogen functional groups attached to an aromatic ring is 1. The van der Waals surface area contributed by atoms with Crippen LogP contribution in [0.15, 0.2) is 65.9 Å². The van der Waals surface area contributed by atoms with Gasteiger partial charge in [0.1, 0.15) is 23.2 Å². The summed E-state index contributed by atoms with van der Waals surface area (Å²) in [6, 6.07) is 15.4. The predicted molar refractivity (Wildman–Crippen MR) is 142 cm³/mol. The summed E-state index contributed by atoms with van der Waals surface area (Å²) in [6.07, 6.45) is 5.06. The van der Waals surface area contributed by atoms with Crippen molar-refractivity contribution in [1.29, 1.82) is 0 Å². The highest BCUT2D eigenvalue weighted by Crippen LogP contribution is 2.31. The largest absolute Gasteiger partial charge is 0.383 e. The zero-order valence-corrected chi connectivity index (χ0v) is 20.6. The summed E-state index contributed by atoms with van der Waals surface area (Å²) < 4.78 is 2.06. The molecule has 4 rings (SSSR count). The van der Waals surface area contributed by atoms with E-state index in [0.29, 0.717) is 39.8 Å². The predicted octanol–water partition coefficient (Wildman–Crippen LogP) is 5.51. The number of benzene rings is 2. The van der Waals surface area contributed by atoms with E-state index in [2.05, 4.69) is 26.8 Å². The molecular weight excluding hydrogens is 467 g/mol. The molecule has 0 aliphatic carbocycles. The molecule has 2 heterocycles. The van der Waals surface area contributed by atoms with Crippen molar-refractivity contribution in [2.24, 2.45) is 10.9 Å². The normalized spacial score (nSPS) is 14.5. The summed E-state index contributed by atoms with van der Waals surface area (Å²) >= 11 is 12.7. The zero-order chi connectivity index (χ0) is 23.9.